The zero-order valence-corrected chi connectivity index (χ0v) is 10.7. The van der Waals surface area contributed by atoms with Crippen LogP contribution in [0.3, 0.4) is 0 Å². The molecule has 0 saturated carbocycles. The molecule has 0 radical (unpaired) electrons. The third-order valence-corrected chi connectivity index (χ3v) is 0.201. The first kappa shape index (κ1) is 19.6. The van der Waals surface area contributed by atoms with E-state index < -0.39 is 15.8 Å². The van der Waals surface area contributed by atoms with Gasteiger partial charge in [0, 0.05) is 19.4 Å². The summed E-state index contributed by atoms with van der Waals surface area (Å²) in [6.07, 6.45) is 2.32. The first-order chi connectivity index (χ1) is 6.50. The monoisotopic (exact) mass is 242 g/mol. The molecule has 92 valence electrons. The summed E-state index contributed by atoms with van der Waals surface area (Å²) < 4.78 is 19.3. The quantitative estimate of drug-likeness (QED) is 0.487. The second-order valence-electron chi connectivity index (χ2n) is 2.79. The maximum atomic E-state index is 9.70. The van der Waals surface area contributed by atoms with E-state index in [9.17, 15) is 18.0 Å². The summed E-state index contributed by atoms with van der Waals surface area (Å²) in [5.41, 5.74) is 0. The van der Waals surface area contributed by atoms with E-state index in [4.69, 9.17) is 0 Å². The van der Waals surface area contributed by atoms with Gasteiger partial charge in [0.15, 0.2) is 0 Å². The third-order valence-electron chi connectivity index (χ3n) is 0.201. The van der Waals surface area contributed by atoms with Gasteiger partial charge in [0.25, 0.3) is 0 Å². The van der Waals surface area contributed by atoms with E-state index >= 15 is 0 Å². The Morgan fingerprint density at radius 3 is 1.20 bits per heavy atom. The molecule has 0 aromatic rings. The fourth-order valence-electron chi connectivity index (χ4n) is 0.117. The molecule has 0 aromatic heterocycles. The van der Waals surface area contributed by atoms with Crippen LogP contribution >= 0.6 is 0 Å². The Bertz CT molecular complexity index is 255. The van der Waals surface area contributed by atoms with E-state index in [1.807, 2.05) is 0 Å². The van der Waals surface area contributed by atoms with E-state index in [2.05, 4.69) is 9.78 Å². The van der Waals surface area contributed by atoms with Gasteiger partial charge in [-0.15, -0.1) is 0 Å². The van der Waals surface area contributed by atoms with Gasteiger partial charge >= 0.3 is 5.97 Å². The number of Topliss-reactive ketones (excluding diaryl/α,β-unsaturated/α-hetero) is 1. The van der Waals surface area contributed by atoms with E-state index in [-0.39, 0.29) is 5.78 Å². The minimum absolute atomic E-state index is 0.167. The first-order valence-electron chi connectivity index (χ1n) is 3.84. The Morgan fingerprint density at radius 1 is 1.00 bits per heavy atom. The van der Waals surface area contributed by atoms with Crippen molar-refractivity contribution in [2.45, 2.75) is 20.8 Å². The molecule has 0 aliphatic heterocycles. The maximum Gasteiger partial charge on any atom is 0.339 e. The number of carbonyl (C=O) groups excluding carboxylic acids is 2. The lowest BCUT2D eigenvalue weighted by atomic mass is 10.6. The lowest BCUT2D eigenvalue weighted by Crippen LogP contribution is -1.94. The Labute approximate surface area is 90.4 Å². The van der Waals surface area contributed by atoms with E-state index in [1.54, 1.807) is 0 Å². The number of ketones is 1. The van der Waals surface area contributed by atoms with Gasteiger partial charge in [-0.3, -0.25) is 4.89 Å². The van der Waals surface area contributed by atoms with Crippen LogP contribution in [-0.4, -0.2) is 39.8 Å². The number of rotatable bonds is 1. The van der Waals surface area contributed by atoms with Crippen LogP contribution in [0, 0.1) is 0 Å². The second-order valence-corrected chi connectivity index (χ2v) is 5.08. The zero-order valence-electron chi connectivity index (χ0n) is 9.86. The van der Waals surface area contributed by atoms with Crippen LogP contribution in [0.25, 0.3) is 0 Å². The average Bonchev–Trinajstić information content (AvgIpc) is 1.79. The van der Waals surface area contributed by atoms with Crippen molar-refractivity contribution >= 4 is 21.6 Å². The highest BCUT2D eigenvalue weighted by Gasteiger charge is 1.83. The molecule has 0 N–H and O–H groups in total. The topological polar surface area (TPSA) is 86.7 Å². The SMILES string of the molecule is CC(C)=O.COOC(C)=O.CS(C)(=O)=O. The predicted octanol–water partition coefficient (Wildman–Crippen LogP) is 0.367. The fourth-order valence-corrected chi connectivity index (χ4v) is 0.117. The fraction of sp³-hybridized carbons (Fsp3) is 0.750. The Balaban J connectivity index is -0.000000147. The largest absolute Gasteiger partial charge is 0.339 e. The standard InChI is InChI=1S/C3H6O3.C3H6O.C2H6O2S/c1-3(4)6-5-2;1-3(2)4;1-5(2,3)4/h1-2H3;1-2H3;1-2H3. The molecule has 0 fully saturated rings. The summed E-state index contributed by atoms with van der Waals surface area (Å²) in [6.45, 7) is 4.32. The summed E-state index contributed by atoms with van der Waals surface area (Å²) in [5.74, 6) is -0.266. The van der Waals surface area contributed by atoms with Crippen LogP contribution in [0.15, 0.2) is 0 Å². The highest BCUT2D eigenvalue weighted by atomic mass is 32.2. The van der Waals surface area contributed by atoms with Crippen molar-refractivity contribution in [1.29, 1.82) is 0 Å². The van der Waals surface area contributed by atoms with Crippen LogP contribution in [0.2, 0.25) is 0 Å². The third kappa shape index (κ3) is 379. The van der Waals surface area contributed by atoms with Crippen molar-refractivity contribution in [2.75, 3.05) is 19.6 Å². The summed E-state index contributed by atoms with van der Waals surface area (Å²) in [7, 11) is -1.39. The van der Waals surface area contributed by atoms with E-state index in [1.165, 1.54) is 27.9 Å². The minimum atomic E-state index is -2.67. The smallest absolute Gasteiger partial charge is 0.300 e. The minimum Gasteiger partial charge on any atom is -0.300 e. The maximum absolute atomic E-state index is 9.70. The number of carbonyl (C=O) groups is 2. The molecule has 0 atom stereocenters. The van der Waals surface area contributed by atoms with Gasteiger partial charge < -0.3 is 4.79 Å². The number of sulfone groups is 1. The van der Waals surface area contributed by atoms with E-state index in [0.717, 1.165) is 12.5 Å². The van der Waals surface area contributed by atoms with Crippen molar-refractivity contribution in [2.24, 2.45) is 0 Å². The predicted molar refractivity (Wildman–Crippen MR) is 55.9 cm³/mol. The molecule has 0 spiro atoms. The first-order valence-corrected chi connectivity index (χ1v) is 6.14. The van der Waals surface area contributed by atoms with Crippen molar-refractivity contribution in [1.82, 2.24) is 0 Å². The lowest BCUT2D eigenvalue weighted by Gasteiger charge is -1.87. The molecular weight excluding hydrogens is 224 g/mol. The van der Waals surface area contributed by atoms with E-state index in [0.29, 0.717) is 0 Å². The molecule has 6 nitrogen and oxygen atoms in total. The Hall–Kier alpha value is -0.950. The van der Waals surface area contributed by atoms with Crippen molar-refractivity contribution in [3.8, 4) is 0 Å². The second kappa shape index (κ2) is 11.1. The molecule has 0 aliphatic rings. The molecule has 0 unspecified atom stereocenters. The normalized spacial score (nSPS) is 8.67. The molecular formula is C8H18O6S. The summed E-state index contributed by atoms with van der Waals surface area (Å²) in [5, 5.41) is 0. The molecule has 0 rings (SSSR count). The van der Waals surface area contributed by atoms with Gasteiger partial charge in [-0.1, -0.05) is 0 Å². The molecule has 15 heavy (non-hydrogen) atoms. The Morgan fingerprint density at radius 2 is 1.20 bits per heavy atom. The number of hydrogen-bond acceptors (Lipinski definition) is 6. The van der Waals surface area contributed by atoms with Crippen molar-refractivity contribution < 1.29 is 27.8 Å². The van der Waals surface area contributed by atoms with Crippen LogP contribution in [0.1, 0.15) is 20.8 Å². The molecule has 0 amide bonds. The molecule has 0 saturated heterocycles. The molecule has 7 heteroatoms. The molecule has 0 aromatic carbocycles. The van der Waals surface area contributed by atoms with Gasteiger partial charge in [0.05, 0.1) is 7.11 Å². The lowest BCUT2D eigenvalue weighted by molar-refractivity contribution is -0.252. The molecule has 0 aliphatic carbocycles. The summed E-state index contributed by atoms with van der Waals surface area (Å²) in [4.78, 5) is 27.0. The van der Waals surface area contributed by atoms with Gasteiger partial charge in [-0.2, -0.15) is 4.89 Å². The highest BCUT2D eigenvalue weighted by Crippen LogP contribution is 1.69. The van der Waals surface area contributed by atoms with Gasteiger partial charge in [-0.05, 0) is 13.8 Å². The van der Waals surface area contributed by atoms with Crippen molar-refractivity contribution in [3.63, 3.8) is 0 Å². The summed E-state index contributed by atoms with van der Waals surface area (Å²) >= 11 is 0. The van der Waals surface area contributed by atoms with Crippen LogP contribution in [0.4, 0.5) is 0 Å². The number of hydrogen-bond donors (Lipinski definition) is 0. The van der Waals surface area contributed by atoms with Gasteiger partial charge in [0.2, 0.25) is 0 Å². The Kier molecular flexibility index (Phi) is 14.5. The van der Waals surface area contributed by atoms with Crippen molar-refractivity contribution in [3.05, 3.63) is 0 Å². The molecule has 0 heterocycles. The zero-order chi connectivity index (χ0) is 13.1. The van der Waals surface area contributed by atoms with Crippen LogP contribution in [0.5, 0.6) is 0 Å². The molecule has 0 bridgehead atoms. The average molecular weight is 242 g/mol. The van der Waals surface area contributed by atoms with Crippen LogP contribution in [-0.2, 0) is 29.2 Å². The van der Waals surface area contributed by atoms with Gasteiger partial charge in [-0.25, -0.2) is 13.2 Å². The summed E-state index contributed by atoms with van der Waals surface area (Å²) in [6, 6.07) is 0. The highest BCUT2D eigenvalue weighted by molar-refractivity contribution is 7.89. The van der Waals surface area contributed by atoms with Gasteiger partial charge in [0.1, 0.15) is 15.6 Å². The van der Waals surface area contributed by atoms with Crippen LogP contribution < -0.4 is 0 Å².